The molecule has 1 amide bonds. The van der Waals surface area contributed by atoms with E-state index < -0.39 is 11.9 Å². The standard InChI is InChI=1S/C11H11FN2O2/c1-3-16-11(15)14(2)10-6-9(12)5-4-8(10)7-13/h4-6H,3H2,1-2H3. The first-order valence-corrected chi connectivity index (χ1v) is 4.70. The van der Waals surface area contributed by atoms with Crippen LogP contribution in [0.1, 0.15) is 12.5 Å². The smallest absolute Gasteiger partial charge is 0.414 e. The van der Waals surface area contributed by atoms with Gasteiger partial charge in [-0.3, -0.25) is 4.90 Å². The number of hydrogen-bond acceptors (Lipinski definition) is 3. The Labute approximate surface area is 92.8 Å². The highest BCUT2D eigenvalue weighted by Gasteiger charge is 2.15. The van der Waals surface area contributed by atoms with E-state index in [-0.39, 0.29) is 17.9 Å². The van der Waals surface area contributed by atoms with Crippen molar-refractivity contribution in [3.63, 3.8) is 0 Å². The molecule has 0 fully saturated rings. The molecule has 0 aliphatic rings. The van der Waals surface area contributed by atoms with Crippen LogP contribution in [0, 0.1) is 17.1 Å². The summed E-state index contributed by atoms with van der Waals surface area (Å²) in [5.74, 6) is -0.509. The number of amides is 1. The molecule has 0 atom stereocenters. The summed E-state index contributed by atoms with van der Waals surface area (Å²) in [4.78, 5) is 12.5. The monoisotopic (exact) mass is 222 g/mol. The molecule has 5 heteroatoms. The minimum Gasteiger partial charge on any atom is -0.449 e. The first kappa shape index (κ1) is 12.0. The van der Waals surface area contributed by atoms with Gasteiger partial charge >= 0.3 is 6.09 Å². The molecule has 0 N–H and O–H groups in total. The van der Waals surface area contributed by atoms with Crippen LogP contribution in [0.5, 0.6) is 0 Å². The summed E-state index contributed by atoms with van der Waals surface area (Å²) >= 11 is 0. The van der Waals surface area contributed by atoms with E-state index in [0.717, 1.165) is 11.0 Å². The lowest BCUT2D eigenvalue weighted by atomic mass is 10.2. The summed E-state index contributed by atoms with van der Waals surface area (Å²) in [6, 6.07) is 5.49. The molecule has 0 aliphatic carbocycles. The van der Waals surface area contributed by atoms with E-state index in [1.807, 2.05) is 6.07 Å². The van der Waals surface area contributed by atoms with Gasteiger partial charge in [-0.1, -0.05) is 0 Å². The maximum Gasteiger partial charge on any atom is 0.414 e. The number of carbonyl (C=O) groups excluding carboxylic acids is 1. The Morgan fingerprint density at radius 3 is 2.88 bits per heavy atom. The molecular formula is C11H11FN2O2. The SMILES string of the molecule is CCOC(=O)N(C)c1cc(F)ccc1C#N. The number of hydrogen-bond donors (Lipinski definition) is 0. The van der Waals surface area contributed by atoms with Crippen molar-refractivity contribution in [3.8, 4) is 6.07 Å². The van der Waals surface area contributed by atoms with Gasteiger partial charge in [0.15, 0.2) is 0 Å². The van der Waals surface area contributed by atoms with Gasteiger partial charge in [-0.2, -0.15) is 5.26 Å². The third kappa shape index (κ3) is 2.48. The quantitative estimate of drug-likeness (QED) is 0.771. The lowest BCUT2D eigenvalue weighted by Gasteiger charge is -2.17. The van der Waals surface area contributed by atoms with Gasteiger partial charge in [0, 0.05) is 7.05 Å². The second kappa shape index (κ2) is 5.12. The fourth-order valence-corrected chi connectivity index (χ4v) is 1.20. The average Bonchev–Trinajstić information content (AvgIpc) is 2.28. The van der Waals surface area contributed by atoms with Crippen molar-refractivity contribution in [2.24, 2.45) is 0 Å². The Hall–Kier alpha value is -2.09. The van der Waals surface area contributed by atoms with Crippen LogP contribution in [-0.2, 0) is 4.74 Å². The fourth-order valence-electron chi connectivity index (χ4n) is 1.20. The highest BCUT2D eigenvalue weighted by atomic mass is 19.1. The van der Waals surface area contributed by atoms with E-state index in [1.165, 1.54) is 19.2 Å². The molecule has 0 saturated carbocycles. The van der Waals surface area contributed by atoms with Gasteiger partial charge in [0.05, 0.1) is 17.9 Å². The zero-order valence-electron chi connectivity index (χ0n) is 9.03. The second-order valence-corrected chi connectivity index (χ2v) is 3.03. The Kier molecular flexibility index (Phi) is 3.84. The van der Waals surface area contributed by atoms with Gasteiger partial charge in [0.1, 0.15) is 11.9 Å². The van der Waals surface area contributed by atoms with Gasteiger partial charge < -0.3 is 4.74 Å². The molecule has 0 unspecified atom stereocenters. The van der Waals surface area contributed by atoms with Crippen LogP contribution in [-0.4, -0.2) is 19.7 Å². The van der Waals surface area contributed by atoms with Crippen LogP contribution in [0.15, 0.2) is 18.2 Å². The highest BCUT2D eigenvalue weighted by Crippen LogP contribution is 2.20. The summed E-state index contributed by atoms with van der Waals surface area (Å²) in [5, 5.41) is 8.82. The van der Waals surface area contributed by atoms with E-state index in [9.17, 15) is 9.18 Å². The lowest BCUT2D eigenvalue weighted by Crippen LogP contribution is -2.27. The van der Waals surface area contributed by atoms with Crippen molar-refractivity contribution < 1.29 is 13.9 Å². The summed E-state index contributed by atoms with van der Waals surface area (Å²) in [6.07, 6.45) is -0.621. The molecule has 0 saturated heterocycles. The molecule has 0 bridgehead atoms. The van der Waals surface area contributed by atoms with Crippen molar-refractivity contribution in [1.82, 2.24) is 0 Å². The summed E-state index contributed by atoms with van der Waals surface area (Å²) in [6.45, 7) is 1.89. The van der Waals surface area contributed by atoms with Crippen LogP contribution in [0.4, 0.5) is 14.9 Å². The summed E-state index contributed by atoms with van der Waals surface area (Å²) in [5.41, 5.74) is 0.415. The third-order valence-corrected chi connectivity index (χ3v) is 1.98. The first-order chi connectivity index (χ1) is 7.60. The number of benzene rings is 1. The molecule has 1 aromatic rings. The molecule has 1 rings (SSSR count). The minimum atomic E-state index is -0.621. The van der Waals surface area contributed by atoms with Crippen LogP contribution < -0.4 is 4.90 Å². The van der Waals surface area contributed by atoms with Crippen LogP contribution in [0.3, 0.4) is 0 Å². The van der Waals surface area contributed by atoms with Crippen molar-refractivity contribution >= 4 is 11.8 Å². The van der Waals surface area contributed by atoms with Crippen molar-refractivity contribution in [1.29, 1.82) is 5.26 Å². The number of anilines is 1. The van der Waals surface area contributed by atoms with Crippen LogP contribution in [0.2, 0.25) is 0 Å². The maximum atomic E-state index is 13.0. The molecule has 0 heterocycles. The third-order valence-electron chi connectivity index (χ3n) is 1.98. The largest absolute Gasteiger partial charge is 0.449 e. The molecule has 84 valence electrons. The van der Waals surface area contributed by atoms with Crippen molar-refractivity contribution in [2.75, 3.05) is 18.6 Å². The first-order valence-electron chi connectivity index (χ1n) is 4.70. The number of nitrogens with zero attached hydrogens (tertiary/aromatic N) is 2. The van der Waals surface area contributed by atoms with Gasteiger partial charge in [0.2, 0.25) is 0 Å². The lowest BCUT2D eigenvalue weighted by molar-refractivity contribution is 0.161. The molecule has 0 aromatic heterocycles. The Morgan fingerprint density at radius 2 is 2.31 bits per heavy atom. The number of rotatable bonds is 2. The molecule has 0 radical (unpaired) electrons. The predicted octanol–water partition coefficient (Wildman–Crippen LogP) is 2.29. The molecule has 0 aliphatic heterocycles. The number of ether oxygens (including phenoxy) is 1. The van der Waals surface area contributed by atoms with E-state index in [4.69, 9.17) is 10.00 Å². The van der Waals surface area contributed by atoms with E-state index >= 15 is 0 Å². The zero-order valence-corrected chi connectivity index (χ0v) is 9.03. The number of halogens is 1. The van der Waals surface area contributed by atoms with Gasteiger partial charge in [-0.25, -0.2) is 9.18 Å². The van der Waals surface area contributed by atoms with E-state index in [2.05, 4.69) is 0 Å². The maximum absolute atomic E-state index is 13.0. The van der Waals surface area contributed by atoms with Crippen molar-refractivity contribution in [3.05, 3.63) is 29.6 Å². The van der Waals surface area contributed by atoms with Crippen molar-refractivity contribution in [2.45, 2.75) is 6.92 Å². The van der Waals surface area contributed by atoms with Gasteiger partial charge in [-0.15, -0.1) is 0 Å². The number of nitriles is 1. The van der Waals surface area contributed by atoms with Crippen LogP contribution in [0.25, 0.3) is 0 Å². The van der Waals surface area contributed by atoms with Crippen LogP contribution >= 0.6 is 0 Å². The Morgan fingerprint density at radius 1 is 1.62 bits per heavy atom. The Balaban J connectivity index is 3.07. The molecular weight excluding hydrogens is 211 g/mol. The normalized spacial score (nSPS) is 9.38. The zero-order chi connectivity index (χ0) is 12.1. The number of carbonyl (C=O) groups is 1. The molecule has 16 heavy (non-hydrogen) atoms. The summed E-state index contributed by atoms with van der Waals surface area (Å²) < 4.78 is 17.8. The summed E-state index contributed by atoms with van der Waals surface area (Å²) in [7, 11) is 1.42. The molecule has 4 nitrogen and oxygen atoms in total. The van der Waals surface area contributed by atoms with E-state index in [0.29, 0.717) is 0 Å². The van der Waals surface area contributed by atoms with Gasteiger partial charge in [-0.05, 0) is 25.1 Å². The predicted molar refractivity (Wildman–Crippen MR) is 56.5 cm³/mol. The topological polar surface area (TPSA) is 53.3 Å². The fraction of sp³-hybridized carbons (Fsp3) is 0.273. The Bertz CT molecular complexity index is 440. The highest BCUT2D eigenvalue weighted by molar-refractivity contribution is 5.88. The molecule has 0 spiro atoms. The minimum absolute atomic E-state index is 0.195. The average molecular weight is 222 g/mol. The second-order valence-electron chi connectivity index (χ2n) is 3.03. The van der Waals surface area contributed by atoms with Gasteiger partial charge in [0.25, 0.3) is 0 Å². The van der Waals surface area contributed by atoms with E-state index in [1.54, 1.807) is 6.92 Å². The molecule has 1 aromatic carbocycles.